The van der Waals surface area contributed by atoms with Gasteiger partial charge in [-0.1, -0.05) is 57.7 Å². The minimum Gasteiger partial charge on any atom is -0.333 e. The number of carbonyl (C=O) groups excluding carboxylic acids is 2. The van der Waals surface area contributed by atoms with Gasteiger partial charge in [-0.3, -0.25) is 28.0 Å². The van der Waals surface area contributed by atoms with E-state index in [-0.39, 0.29) is 86.1 Å². The molecule has 4 aromatic carbocycles. The Morgan fingerprint density at radius 1 is 0.551 bits per heavy atom. The summed E-state index contributed by atoms with van der Waals surface area (Å²) in [6.45, 7) is 4.96. The zero-order valence-corrected chi connectivity index (χ0v) is 48.4. The average molecular weight is 1280 g/mol. The third-order valence-corrected chi connectivity index (χ3v) is 17.5. The highest BCUT2D eigenvalue weighted by Crippen LogP contribution is 2.36. The molecule has 0 N–H and O–H groups in total. The van der Waals surface area contributed by atoms with E-state index in [2.05, 4.69) is 9.97 Å². The molecule has 0 bridgehead atoms. The normalized spacial score (nSPS) is 12.4. The van der Waals surface area contributed by atoms with Gasteiger partial charge >= 0.3 is 12.4 Å². The first-order chi connectivity index (χ1) is 41.3. The molecular formula is C61H54F10N8O8S2. The molecule has 0 aliphatic carbocycles. The number of benzene rings is 4. The molecule has 0 unspecified atom stereocenters. The largest absolute Gasteiger partial charge is 0.419 e. The van der Waals surface area contributed by atoms with Crippen LogP contribution in [0.4, 0.5) is 43.9 Å². The summed E-state index contributed by atoms with van der Waals surface area (Å²) in [4.78, 5) is 66.0. The Labute approximate surface area is 503 Å². The van der Waals surface area contributed by atoms with E-state index < -0.39 is 139 Å². The van der Waals surface area contributed by atoms with Crippen molar-refractivity contribution < 1.29 is 70.3 Å². The second-order valence-electron chi connectivity index (χ2n) is 19.9. The van der Waals surface area contributed by atoms with Crippen LogP contribution in [0.1, 0.15) is 92.0 Å². The predicted molar refractivity (Wildman–Crippen MR) is 309 cm³/mol. The van der Waals surface area contributed by atoms with Crippen LogP contribution in [0.25, 0.3) is 33.5 Å². The molecule has 0 aliphatic rings. The van der Waals surface area contributed by atoms with Crippen LogP contribution in [0.15, 0.2) is 131 Å². The maximum absolute atomic E-state index is 14.1. The van der Waals surface area contributed by atoms with Gasteiger partial charge in [0.1, 0.15) is 34.6 Å². The van der Waals surface area contributed by atoms with E-state index in [1.54, 1.807) is 0 Å². The van der Waals surface area contributed by atoms with Crippen molar-refractivity contribution in [2.24, 2.45) is 0 Å². The first-order valence-electron chi connectivity index (χ1n) is 26.5. The van der Waals surface area contributed by atoms with Gasteiger partial charge < -0.3 is 9.80 Å². The highest BCUT2D eigenvalue weighted by molar-refractivity contribution is 7.91. The first-order valence-corrected chi connectivity index (χ1v) is 30.1. The van der Waals surface area contributed by atoms with Crippen LogP contribution in [-0.4, -0.2) is 93.3 Å². The van der Waals surface area contributed by atoms with Crippen LogP contribution in [0.5, 0.6) is 0 Å². The Kier molecular flexibility index (Phi) is 21.5. The van der Waals surface area contributed by atoms with Crippen molar-refractivity contribution in [2.75, 3.05) is 36.1 Å². The molecule has 8 aromatic rings. The van der Waals surface area contributed by atoms with Crippen LogP contribution in [0.3, 0.4) is 0 Å². The number of pyridine rings is 2. The van der Waals surface area contributed by atoms with Crippen molar-refractivity contribution in [3.8, 4) is 34.4 Å². The summed E-state index contributed by atoms with van der Waals surface area (Å²) in [7, 11) is -7.27. The van der Waals surface area contributed by atoms with E-state index in [4.69, 9.17) is 0 Å². The molecule has 0 spiro atoms. The fourth-order valence-corrected chi connectivity index (χ4v) is 10.8. The number of nitriles is 2. The Morgan fingerprint density at radius 2 is 0.888 bits per heavy atom. The number of halogens is 10. The standard InChI is InChI=1S/2C30H25F5N4O4S.CH4/c2*1-3-44(42,43)13-12-38(26(40)15-20-6-10-24(32)23(14-20)30(33,34)35)18(2)28-27(21-7-4-19(16-36)5-8-21)29(41)39-17-22(31)9-11-25(39)37-28;/h2*4-11,14,17-18H,3,12-13,15H2,1-2H3;1H4/t2*18-;/m10./s1. The molecule has 468 valence electrons. The molecule has 89 heavy (non-hydrogen) atoms. The Balaban J connectivity index is 0.000000281. The van der Waals surface area contributed by atoms with Crippen LogP contribution < -0.4 is 11.1 Å². The summed E-state index contributed by atoms with van der Waals surface area (Å²) in [6, 6.07) is 22.1. The van der Waals surface area contributed by atoms with Crippen molar-refractivity contribution in [3.63, 3.8) is 0 Å². The molecule has 0 aliphatic heterocycles. The zero-order valence-electron chi connectivity index (χ0n) is 46.8. The molecule has 0 fully saturated rings. The lowest BCUT2D eigenvalue weighted by atomic mass is 9.99. The van der Waals surface area contributed by atoms with Gasteiger partial charge in [-0.15, -0.1) is 0 Å². The molecular weight excluding hydrogens is 1230 g/mol. The molecule has 0 saturated carbocycles. The van der Waals surface area contributed by atoms with Crippen molar-refractivity contribution in [2.45, 2.75) is 72.4 Å². The van der Waals surface area contributed by atoms with E-state index in [1.165, 1.54) is 88.4 Å². The highest BCUT2D eigenvalue weighted by atomic mass is 32.2. The van der Waals surface area contributed by atoms with E-state index >= 15 is 0 Å². The lowest BCUT2D eigenvalue weighted by Gasteiger charge is -2.30. The SMILES string of the molecule is C.CCS(=O)(=O)CCN(C(=O)Cc1ccc(F)c(C(F)(F)F)c1)[C@@H](C)c1nc2ccc(F)cn2c(=O)c1-c1ccc(C#N)cc1.CCS(=O)(=O)CCN(C(=O)Cc1ccc(F)c(C(F)(F)F)c1)[C@H](C)c1nc2ccc(F)cn2c(=O)c1-c1ccc(C#N)cc1. The number of nitrogens with zero attached hydrogens (tertiary/aromatic N) is 8. The summed E-state index contributed by atoms with van der Waals surface area (Å²) >= 11 is 0. The van der Waals surface area contributed by atoms with Gasteiger partial charge in [0.2, 0.25) is 11.8 Å². The van der Waals surface area contributed by atoms with Crippen LogP contribution in [-0.2, 0) is 54.5 Å². The molecule has 16 nitrogen and oxygen atoms in total. The predicted octanol–water partition coefficient (Wildman–Crippen LogP) is 10.8. The van der Waals surface area contributed by atoms with Gasteiger partial charge in [0.05, 0.1) is 93.3 Å². The van der Waals surface area contributed by atoms with Crippen molar-refractivity contribution >= 4 is 42.8 Å². The summed E-state index contributed by atoms with van der Waals surface area (Å²) in [5.41, 5.74) is -3.91. The monoisotopic (exact) mass is 1280 g/mol. The molecule has 0 saturated heterocycles. The van der Waals surface area contributed by atoms with Crippen LogP contribution in [0.2, 0.25) is 0 Å². The molecule has 0 radical (unpaired) electrons. The number of amides is 2. The van der Waals surface area contributed by atoms with Gasteiger partial charge in [0, 0.05) is 37.0 Å². The molecule has 4 heterocycles. The van der Waals surface area contributed by atoms with Crippen molar-refractivity contribution in [3.05, 3.63) is 210 Å². The average Bonchev–Trinajstić information content (AvgIpc) is 0.812. The number of aromatic nitrogens is 4. The van der Waals surface area contributed by atoms with E-state index in [0.717, 1.165) is 55.3 Å². The number of fused-ring (bicyclic) bond motifs is 2. The zero-order chi connectivity index (χ0) is 64.8. The lowest BCUT2D eigenvalue weighted by Crippen LogP contribution is -2.39. The van der Waals surface area contributed by atoms with Gasteiger partial charge in [-0.05, 0) is 109 Å². The number of alkyl halides is 6. The number of hydrogen-bond acceptors (Lipinski definition) is 12. The summed E-state index contributed by atoms with van der Waals surface area (Å²) in [6.07, 6.45) is -9.48. The summed E-state index contributed by atoms with van der Waals surface area (Å²) in [5, 5.41) is 18.4. The Hall–Kier alpha value is -9.28. The molecule has 2 atom stereocenters. The fourth-order valence-electron chi connectivity index (χ4n) is 9.31. The van der Waals surface area contributed by atoms with Crippen molar-refractivity contribution in [1.82, 2.24) is 28.6 Å². The maximum atomic E-state index is 14.1. The Morgan fingerprint density at radius 3 is 1.19 bits per heavy atom. The van der Waals surface area contributed by atoms with E-state index in [9.17, 15) is 90.4 Å². The van der Waals surface area contributed by atoms with E-state index in [0.29, 0.717) is 24.3 Å². The third kappa shape index (κ3) is 16.3. The summed E-state index contributed by atoms with van der Waals surface area (Å²) < 4.78 is 187. The van der Waals surface area contributed by atoms with Crippen molar-refractivity contribution in [1.29, 1.82) is 10.5 Å². The number of carbonyl (C=O) groups is 2. The molecule has 28 heteroatoms. The molecule has 4 aromatic heterocycles. The third-order valence-electron chi connectivity index (χ3n) is 14.2. The number of rotatable bonds is 18. The second kappa shape index (κ2) is 27.8. The molecule has 2 amide bonds. The maximum Gasteiger partial charge on any atom is 0.419 e. The first kappa shape index (κ1) is 68.8. The number of sulfone groups is 2. The highest BCUT2D eigenvalue weighted by Gasteiger charge is 2.37. The quantitative estimate of drug-likeness (QED) is 0.0731. The number of hydrogen-bond donors (Lipinski definition) is 0. The minimum atomic E-state index is -5.02. The Bertz CT molecular complexity index is 4150. The van der Waals surface area contributed by atoms with Gasteiger partial charge in [-0.2, -0.15) is 36.9 Å². The smallest absolute Gasteiger partial charge is 0.333 e. The molecule has 8 rings (SSSR count). The van der Waals surface area contributed by atoms with Gasteiger partial charge in [-0.25, -0.2) is 44.4 Å². The second-order valence-corrected chi connectivity index (χ2v) is 24.8. The van der Waals surface area contributed by atoms with Crippen LogP contribution >= 0.6 is 0 Å². The van der Waals surface area contributed by atoms with Crippen LogP contribution in [0, 0.1) is 45.9 Å². The fraction of sp³-hybridized carbons (Fsp3) is 0.279. The van der Waals surface area contributed by atoms with E-state index in [1.807, 2.05) is 12.1 Å². The summed E-state index contributed by atoms with van der Waals surface area (Å²) in [5.74, 6) is -7.59. The lowest BCUT2D eigenvalue weighted by molar-refractivity contribution is -0.141. The van der Waals surface area contributed by atoms with Gasteiger partial charge in [0.15, 0.2) is 19.7 Å². The minimum absolute atomic E-state index is 0. The topological polar surface area (TPSA) is 225 Å². The van der Waals surface area contributed by atoms with Gasteiger partial charge in [0.25, 0.3) is 11.1 Å².